The molecule has 1 aromatic heterocycles. The van der Waals surface area contributed by atoms with Crippen molar-refractivity contribution in [3.8, 4) is 0 Å². The molecule has 2 aromatic carbocycles. The van der Waals surface area contributed by atoms with E-state index >= 15 is 0 Å². The highest BCUT2D eigenvalue weighted by atomic mass is 32.2. The predicted octanol–water partition coefficient (Wildman–Crippen LogP) is 4.12. The lowest BCUT2D eigenvalue weighted by atomic mass is 10.2. The van der Waals surface area contributed by atoms with Crippen LogP contribution in [0.3, 0.4) is 0 Å². The maximum atomic E-state index is 4.55. The van der Waals surface area contributed by atoms with Crippen LogP contribution in [0.4, 0.5) is 0 Å². The van der Waals surface area contributed by atoms with Crippen molar-refractivity contribution in [2.24, 2.45) is 10.9 Å². The average molecular weight is 420 g/mol. The summed E-state index contributed by atoms with van der Waals surface area (Å²) in [5, 5.41) is 3.52. The Labute approximate surface area is 183 Å². The summed E-state index contributed by atoms with van der Waals surface area (Å²) >= 11 is 1.95. The third-order valence-electron chi connectivity index (χ3n) is 5.43. The summed E-state index contributed by atoms with van der Waals surface area (Å²) in [4.78, 5) is 12.8. The lowest BCUT2D eigenvalue weighted by molar-refractivity contribution is 0.472. The first-order valence-electron chi connectivity index (χ1n) is 10.5. The van der Waals surface area contributed by atoms with Crippen LogP contribution in [-0.4, -0.2) is 46.3 Å². The van der Waals surface area contributed by atoms with Gasteiger partial charge < -0.3 is 14.8 Å². The first-order valence-corrected chi connectivity index (χ1v) is 11.5. The second-order valence-corrected chi connectivity index (χ2v) is 8.68. The summed E-state index contributed by atoms with van der Waals surface area (Å²) in [5.74, 6) is 3.83. The van der Waals surface area contributed by atoms with Crippen molar-refractivity contribution < 1.29 is 0 Å². The molecule has 0 bridgehead atoms. The van der Waals surface area contributed by atoms with Crippen LogP contribution in [0.25, 0.3) is 0 Å². The van der Waals surface area contributed by atoms with Gasteiger partial charge >= 0.3 is 0 Å². The Hall–Kier alpha value is -2.73. The topological polar surface area (TPSA) is 45.5 Å². The quantitative estimate of drug-likeness (QED) is 0.355. The van der Waals surface area contributed by atoms with E-state index in [2.05, 4.69) is 79.4 Å². The SMILES string of the molecule is CN=C(NCc1nccn1Cc1ccccc1)N1CCC(CSc2ccccc2)C1. The number of guanidine groups is 1. The van der Waals surface area contributed by atoms with Crippen LogP contribution < -0.4 is 5.32 Å². The van der Waals surface area contributed by atoms with Gasteiger partial charge in [-0.15, -0.1) is 11.8 Å². The van der Waals surface area contributed by atoms with E-state index in [4.69, 9.17) is 0 Å². The maximum Gasteiger partial charge on any atom is 0.194 e. The molecule has 0 aliphatic carbocycles. The molecule has 0 spiro atoms. The van der Waals surface area contributed by atoms with E-state index in [0.29, 0.717) is 12.5 Å². The zero-order valence-electron chi connectivity index (χ0n) is 17.4. The molecule has 0 amide bonds. The number of nitrogens with zero attached hydrogens (tertiary/aromatic N) is 4. The van der Waals surface area contributed by atoms with E-state index in [1.165, 1.54) is 16.9 Å². The number of imidazole rings is 1. The molecule has 1 atom stereocenters. The van der Waals surface area contributed by atoms with Gasteiger partial charge in [0.05, 0.1) is 6.54 Å². The number of aromatic nitrogens is 2. The number of nitrogens with one attached hydrogen (secondary N) is 1. The minimum atomic E-state index is 0.673. The Kier molecular flexibility index (Phi) is 7.08. The van der Waals surface area contributed by atoms with E-state index in [0.717, 1.165) is 37.2 Å². The van der Waals surface area contributed by atoms with E-state index in [-0.39, 0.29) is 0 Å². The largest absolute Gasteiger partial charge is 0.349 e. The van der Waals surface area contributed by atoms with Crippen molar-refractivity contribution in [1.29, 1.82) is 0 Å². The number of hydrogen-bond donors (Lipinski definition) is 1. The number of hydrogen-bond acceptors (Lipinski definition) is 3. The Morgan fingerprint density at radius 3 is 2.67 bits per heavy atom. The molecule has 5 nitrogen and oxygen atoms in total. The average Bonchev–Trinajstić information content (AvgIpc) is 3.44. The third kappa shape index (κ3) is 5.45. The summed E-state index contributed by atoms with van der Waals surface area (Å²) in [6, 6.07) is 21.2. The van der Waals surface area contributed by atoms with Crippen molar-refractivity contribution in [2.75, 3.05) is 25.9 Å². The Balaban J connectivity index is 1.28. The number of aliphatic imine (C=N–C) groups is 1. The molecule has 4 rings (SSSR count). The van der Waals surface area contributed by atoms with Crippen LogP contribution in [0, 0.1) is 5.92 Å². The summed E-state index contributed by atoms with van der Waals surface area (Å²) in [6.07, 6.45) is 5.12. The van der Waals surface area contributed by atoms with Gasteiger partial charge in [-0.25, -0.2) is 4.98 Å². The number of benzene rings is 2. The van der Waals surface area contributed by atoms with Gasteiger partial charge in [0.2, 0.25) is 0 Å². The molecule has 0 saturated carbocycles. The normalized spacial score (nSPS) is 16.8. The van der Waals surface area contributed by atoms with Crippen LogP contribution in [0.1, 0.15) is 17.8 Å². The number of rotatable bonds is 7. The standard InChI is InChI=1S/C24H29N5S/c1-25-24(29-14-12-21(18-29)19-30-22-10-6-3-7-11-22)27-16-23-26-13-15-28(23)17-20-8-4-2-5-9-20/h2-11,13,15,21H,12,14,16-19H2,1H3,(H,25,27). The summed E-state index contributed by atoms with van der Waals surface area (Å²) in [6.45, 7) is 3.61. The minimum absolute atomic E-state index is 0.673. The molecule has 3 aromatic rings. The lowest BCUT2D eigenvalue weighted by Crippen LogP contribution is -2.40. The second kappa shape index (κ2) is 10.3. The fourth-order valence-corrected chi connectivity index (χ4v) is 4.86. The molecule has 156 valence electrons. The molecule has 1 unspecified atom stereocenters. The van der Waals surface area contributed by atoms with Gasteiger partial charge in [0.25, 0.3) is 0 Å². The molecular weight excluding hydrogens is 390 g/mol. The fraction of sp³-hybridized carbons (Fsp3) is 0.333. The summed E-state index contributed by atoms with van der Waals surface area (Å²) in [5.41, 5.74) is 1.28. The van der Waals surface area contributed by atoms with Gasteiger partial charge in [0.15, 0.2) is 5.96 Å². The number of thioether (sulfide) groups is 1. The highest BCUT2D eigenvalue weighted by Gasteiger charge is 2.25. The first-order chi connectivity index (χ1) is 14.8. The van der Waals surface area contributed by atoms with Crippen LogP contribution in [0.5, 0.6) is 0 Å². The second-order valence-electron chi connectivity index (χ2n) is 7.58. The van der Waals surface area contributed by atoms with Crippen molar-refractivity contribution in [3.63, 3.8) is 0 Å². The lowest BCUT2D eigenvalue weighted by Gasteiger charge is -2.22. The van der Waals surface area contributed by atoms with Crippen LogP contribution in [0.2, 0.25) is 0 Å². The van der Waals surface area contributed by atoms with Crippen molar-refractivity contribution >= 4 is 17.7 Å². The summed E-state index contributed by atoms with van der Waals surface area (Å²) in [7, 11) is 1.87. The first kappa shape index (κ1) is 20.5. The summed E-state index contributed by atoms with van der Waals surface area (Å²) < 4.78 is 2.19. The van der Waals surface area contributed by atoms with E-state index in [1.807, 2.05) is 37.3 Å². The molecular formula is C24H29N5S. The van der Waals surface area contributed by atoms with Gasteiger partial charge in [0, 0.05) is 49.7 Å². The molecule has 0 radical (unpaired) electrons. The molecule has 30 heavy (non-hydrogen) atoms. The van der Waals surface area contributed by atoms with Gasteiger partial charge in [-0.3, -0.25) is 4.99 Å². The monoisotopic (exact) mass is 419 g/mol. The van der Waals surface area contributed by atoms with E-state index in [9.17, 15) is 0 Å². The predicted molar refractivity (Wildman–Crippen MR) is 125 cm³/mol. The molecule has 1 aliphatic rings. The third-order valence-corrected chi connectivity index (χ3v) is 6.67. The molecule has 6 heteroatoms. The smallest absolute Gasteiger partial charge is 0.194 e. The Morgan fingerprint density at radius 2 is 1.90 bits per heavy atom. The van der Waals surface area contributed by atoms with E-state index < -0.39 is 0 Å². The van der Waals surface area contributed by atoms with Crippen LogP contribution in [-0.2, 0) is 13.1 Å². The van der Waals surface area contributed by atoms with Gasteiger partial charge in [-0.05, 0) is 30.0 Å². The van der Waals surface area contributed by atoms with Crippen molar-refractivity contribution in [3.05, 3.63) is 84.4 Å². The molecule has 1 saturated heterocycles. The van der Waals surface area contributed by atoms with E-state index in [1.54, 1.807) is 0 Å². The Morgan fingerprint density at radius 1 is 1.13 bits per heavy atom. The van der Waals surface area contributed by atoms with Gasteiger partial charge in [-0.1, -0.05) is 48.5 Å². The highest BCUT2D eigenvalue weighted by Crippen LogP contribution is 2.25. The van der Waals surface area contributed by atoms with Gasteiger partial charge in [-0.2, -0.15) is 0 Å². The zero-order valence-corrected chi connectivity index (χ0v) is 18.3. The number of likely N-dealkylation sites (tertiary alicyclic amines) is 1. The molecule has 1 aliphatic heterocycles. The molecule has 1 N–H and O–H groups in total. The van der Waals surface area contributed by atoms with Gasteiger partial charge in [0.1, 0.15) is 5.82 Å². The van der Waals surface area contributed by atoms with Crippen molar-refractivity contribution in [2.45, 2.75) is 24.4 Å². The minimum Gasteiger partial charge on any atom is -0.349 e. The maximum absolute atomic E-state index is 4.55. The van der Waals surface area contributed by atoms with Crippen LogP contribution >= 0.6 is 11.8 Å². The fourth-order valence-electron chi connectivity index (χ4n) is 3.81. The Bertz CT molecular complexity index is 938. The molecule has 2 heterocycles. The van der Waals surface area contributed by atoms with Crippen molar-refractivity contribution in [1.82, 2.24) is 19.8 Å². The highest BCUT2D eigenvalue weighted by molar-refractivity contribution is 7.99. The zero-order chi connectivity index (χ0) is 20.6. The van der Waals surface area contributed by atoms with Crippen LogP contribution in [0.15, 0.2) is 82.9 Å². The molecule has 1 fully saturated rings.